The molecule has 1 unspecified atom stereocenters. The summed E-state index contributed by atoms with van der Waals surface area (Å²) in [6, 6.07) is 8.43. The highest BCUT2D eigenvalue weighted by Gasteiger charge is 2.24. The minimum atomic E-state index is 0.485. The molecule has 1 aliphatic rings. The molecule has 0 bridgehead atoms. The summed E-state index contributed by atoms with van der Waals surface area (Å²) < 4.78 is 11.4. The van der Waals surface area contributed by atoms with E-state index in [0.717, 1.165) is 30.6 Å². The Morgan fingerprint density at radius 1 is 1.05 bits per heavy atom. The van der Waals surface area contributed by atoms with Crippen LogP contribution in [0.4, 0.5) is 0 Å². The van der Waals surface area contributed by atoms with Crippen LogP contribution in [0.1, 0.15) is 46.0 Å². The predicted octanol–water partition coefficient (Wildman–Crippen LogP) is 4.02. The third-order valence-corrected chi connectivity index (χ3v) is 4.19. The summed E-state index contributed by atoms with van der Waals surface area (Å²) in [6.45, 7) is 6.75. The number of rotatable bonds is 9. The van der Waals surface area contributed by atoms with Crippen LogP contribution < -0.4 is 14.8 Å². The number of benzene rings is 1. The molecule has 1 aromatic rings. The molecule has 0 amide bonds. The highest BCUT2D eigenvalue weighted by Crippen LogP contribution is 2.28. The molecule has 1 aliphatic carbocycles. The zero-order chi connectivity index (χ0) is 14.9. The van der Waals surface area contributed by atoms with Crippen LogP contribution in [0.3, 0.4) is 0 Å². The molecule has 0 saturated heterocycles. The van der Waals surface area contributed by atoms with Crippen molar-refractivity contribution in [1.29, 1.82) is 0 Å². The van der Waals surface area contributed by atoms with E-state index in [1.165, 1.54) is 32.1 Å². The Kier molecular flexibility index (Phi) is 6.87. The van der Waals surface area contributed by atoms with Crippen molar-refractivity contribution in [2.45, 2.75) is 52.0 Å². The second-order valence-electron chi connectivity index (χ2n) is 5.82. The van der Waals surface area contributed by atoms with Crippen molar-refractivity contribution in [2.24, 2.45) is 5.92 Å². The van der Waals surface area contributed by atoms with Crippen LogP contribution in [-0.4, -0.2) is 25.8 Å². The van der Waals surface area contributed by atoms with E-state index < -0.39 is 0 Å². The lowest BCUT2D eigenvalue weighted by molar-refractivity contribution is 0.217. The number of ether oxygens (including phenoxy) is 2. The second-order valence-corrected chi connectivity index (χ2v) is 5.82. The topological polar surface area (TPSA) is 30.5 Å². The van der Waals surface area contributed by atoms with Crippen LogP contribution in [0.15, 0.2) is 24.3 Å². The van der Waals surface area contributed by atoms with Crippen LogP contribution >= 0.6 is 0 Å². The van der Waals surface area contributed by atoms with Gasteiger partial charge in [0.25, 0.3) is 0 Å². The van der Waals surface area contributed by atoms with E-state index in [2.05, 4.69) is 12.2 Å². The Balaban J connectivity index is 1.84. The van der Waals surface area contributed by atoms with Gasteiger partial charge in [0.15, 0.2) is 0 Å². The molecule has 1 saturated carbocycles. The van der Waals surface area contributed by atoms with Gasteiger partial charge in [-0.25, -0.2) is 0 Å². The molecule has 0 aliphatic heterocycles. The molecule has 0 heterocycles. The van der Waals surface area contributed by atoms with E-state index in [4.69, 9.17) is 9.47 Å². The van der Waals surface area contributed by atoms with Gasteiger partial charge in [0.1, 0.15) is 18.1 Å². The number of hydrogen-bond acceptors (Lipinski definition) is 3. The van der Waals surface area contributed by atoms with E-state index in [9.17, 15) is 0 Å². The standard InChI is InChI=1S/C18H29NO2/c1-3-13-19-18(15-7-5-6-8-15)14-21-17-11-9-16(10-12-17)20-4-2/h9-12,15,18-19H,3-8,13-14H2,1-2H3. The summed E-state index contributed by atoms with van der Waals surface area (Å²) >= 11 is 0. The highest BCUT2D eigenvalue weighted by atomic mass is 16.5. The third kappa shape index (κ3) is 5.24. The lowest BCUT2D eigenvalue weighted by Crippen LogP contribution is -2.40. The van der Waals surface area contributed by atoms with Crippen molar-refractivity contribution in [3.8, 4) is 11.5 Å². The predicted molar refractivity (Wildman–Crippen MR) is 87.1 cm³/mol. The normalized spacial score (nSPS) is 16.9. The maximum atomic E-state index is 5.99. The molecule has 1 aromatic carbocycles. The minimum absolute atomic E-state index is 0.485. The zero-order valence-electron chi connectivity index (χ0n) is 13.4. The van der Waals surface area contributed by atoms with Gasteiger partial charge in [-0.05, 0) is 62.9 Å². The molecule has 1 atom stereocenters. The fourth-order valence-corrected chi connectivity index (χ4v) is 3.04. The largest absolute Gasteiger partial charge is 0.494 e. The van der Waals surface area contributed by atoms with E-state index in [-0.39, 0.29) is 0 Å². The minimum Gasteiger partial charge on any atom is -0.494 e. The summed E-state index contributed by atoms with van der Waals surface area (Å²) in [5.41, 5.74) is 0. The van der Waals surface area contributed by atoms with Crippen LogP contribution in [-0.2, 0) is 0 Å². The van der Waals surface area contributed by atoms with Gasteiger partial charge in [-0.1, -0.05) is 19.8 Å². The van der Waals surface area contributed by atoms with E-state index in [1.807, 2.05) is 31.2 Å². The SMILES string of the molecule is CCCNC(COc1ccc(OCC)cc1)C1CCCC1. The van der Waals surface area contributed by atoms with Crippen LogP contribution in [0.25, 0.3) is 0 Å². The molecule has 3 nitrogen and oxygen atoms in total. The lowest BCUT2D eigenvalue weighted by Gasteiger charge is -2.25. The van der Waals surface area contributed by atoms with Gasteiger partial charge >= 0.3 is 0 Å². The van der Waals surface area contributed by atoms with E-state index in [0.29, 0.717) is 12.6 Å². The van der Waals surface area contributed by atoms with Crippen molar-refractivity contribution in [3.63, 3.8) is 0 Å². The lowest BCUT2D eigenvalue weighted by atomic mass is 9.98. The van der Waals surface area contributed by atoms with Crippen LogP contribution in [0, 0.1) is 5.92 Å². The van der Waals surface area contributed by atoms with E-state index in [1.54, 1.807) is 0 Å². The molecule has 118 valence electrons. The van der Waals surface area contributed by atoms with Gasteiger partial charge in [-0.2, -0.15) is 0 Å². The maximum absolute atomic E-state index is 5.99. The Bertz CT molecular complexity index is 385. The van der Waals surface area contributed by atoms with Crippen molar-refractivity contribution in [3.05, 3.63) is 24.3 Å². The van der Waals surface area contributed by atoms with Gasteiger partial charge in [-0.15, -0.1) is 0 Å². The van der Waals surface area contributed by atoms with E-state index >= 15 is 0 Å². The molecular weight excluding hydrogens is 262 g/mol. The molecule has 2 rings (SSSR count). The Hall–Kier alpha value is -1.22. The van der Waals surface area contributed by atoms with Crippen molar-refractivity contribution in [1.82, 2.24) is 5.32 Å². The van der Waals surface area contributed by atoms with Crippen molar-refractivity contribution in [2.75, 3.05) is 19.8 Å². The summed E-state index contributed by atoms with van der Waals surface area (Å²) in [6.07, 6.45) is 6.60. The first-order valence-electron chi connectivity index (χ1n) is 8.42. The molecule has 0 aromatic heterocycles. The molecule has 0 spiro atoms. The van der Waals surface area contributed by atoms with Gasteiger partial charge in [0, 0.05) is 6.04 Å². The molecule has 1 fully saturated rings. The molecular formula is C18H29NO2. The fourth-order valence-electron chi connectivity index (χ4n) is 3.04. The summed E-state index contributed by atoms with van der Waals surface area (Å²) in [5.74, 6) is 2.61. The molecule has 1 N–H and O–H groups in total. The van der Waals surface area contributed by atoms with Gasteiger partial charge in [0.2, 0.25) is 0 Å². The quantitative estimate of drug-likeness (QED) is 0.745. The van der Waals surface area contributed by atoms with Gasteiger partial charge < -0.3 is 14.8 Å². The smallest absolute Gasteiger partial charge is 0.119 e. The second kappa shape index (κ2) is 8.93. The number of nitrogens with one attached hydrogen (secondary N) is 1. The first kappa shape index (κ1) is 16.2. The van der Waals surface area contributed by atoms with Crippen LogP contribution in [0.5, 0.6) is 11.5 Å². The first-order chi connectivity index (χ1) is 10.3. The molecule has 21 heavy (non-hydrogen) atoms. The van der Waals surface area contributed by atoms with Crippen LogP contribution in [0.2, 0.25) is 0 Å². The molecule has 0 radical (unpaired) electrons. The Morgan fingerprint density at radius 2 is 1.67 bits per heavy atom. The third-order valence-electron chi connectivity index (χ3n) is 4.19. The van der Waals surface area contributed by atoms with Gasteiger partial charge in [0.05, 0.1) is 6.61 Å². The number of hydrogen-bond donors (Lipinski definition) is 1. The maximum Gasteiger partial charge on any atom is 0.119 e. The van der Waals surface area contributed by atoms with Crippen molar-refractivity contribution >= 4 is 0 Å². The monoisotopic (exact) mass is 291 g/mol. The molecule has 3 heteroatoms. The summed E-state index contributed by atoms with van der Waals surface area (Å²) in [5, 5.41) is 3.66. The summed E-state index contributed by atoms with van der Waals surface area (Å²) in [4.78, 5) is 0. The zero-order valence-corrected chi connectivity index (χ0v) is 13.4. The van der Waals surface area contributed by atoms with Gasteiger partial charge in [-0.3, -0.25) is 0 Å². The average molecular weight is 291 g/mol. The summed E-state index contributed by atoms with van der Waals surface area (Å²) in [7, 11) is 0. The first-order valence-corrected chi connectivity index (χ1v) is 8.42. The van der Waals surface area contributed by atoms with Crippen molar-refractivity contribution < 1.29 is 9.47 Å². The Morgan fingerprint density at radius 3 is 2.24 bits per heavy atom. The fraction of sp³-hybridized carbons (Fsp3) is 0.667. The average Bonchev–Trinajstić information content (AvgIpc) is 3.03. The highest BCUT2D eigenvalue weighted by molar-refractivity contribution is 5.31. The Labute approximate surface area is 129 Å².